The molecule has 2 atom stereocenters. The second-order valence-corrected chi connectivity index (χ2v) is 7.91. The standard InChI is InChI=1S/C12H18O2.C10H16O/c1-8(2)11-6-5-9(3)12(7-11)14-10(4)13;1-7(2)9-5-4-8(3)10(11)6-9/h5,7-8,11H,6H2,1-4H3;4,7,9H,5-6H2,1-3H3. The van der Waals surface area contributed by atoms with E-state index in [1.54, 1.807) is 0 Å². The summed E-state index contributed by atoms with van der Waals surface area (Å²) in [6.45, 7) is 14.1. The van der Waals surface area contributed by atoms with E-state index in [0.29, 0.717) is 29.5 Å². The maximum Gasteiger partial charge on any atom is 0.308 e. The zero-order chi connectivity index (χ0) is 19.1. The predicted molar refractivity (Wildman–Crippen MR) is 103 cm³/mol. The fourth-order valence-corrected chi connectivity index (χ4v) is 2.97. The minimum Gasteiger partial charge on any atom is -0.427 e. The number of ether oxygens (including phenoxy) is 1. The lowest BCUT2D eigenvalue weighted by molar-refractivity contribution is -0.136. The number of carbonyl (C=O) groups excluding carboxylic acids is 2. The van der Waals surface area contributed by atoms with Crippen LogP contribution < -0.4 is 0 Å². The van der Waals surface area contributed by atoms with E-state index < -0.39 is 0 Å². The second kappa shape index (κ2) is 9.74. The van der Waals surface area contributed by atoms with Crippen LogP contribution in [0, 0.1) is 23.7 Å². The van der Waals surface area contributed by atoms with Gasteiger partial charge in [0.25, 0.3) is 0 Å². The maximum atomic E-state index is 11.2. The van der Waals surface area contributed by atoms with Gasteiger partial charge in [0.15, 0.2) is 5.78 Å². The number of hydrogen-bond donors (Lipinski definition) is 0. The first kappa shape index (κ1) is 21.4. The van der Waals surface area contributed by atoms with Crippen molar-refractivity contribution in [2.75, 3.05) is 0 Å². The Bertz CT molecular complexity index is 576. The molecule has 2 unspecified atom stereocenters. The van der Waals surface area contributed by atoms with Gasteiger partial charge >= 0.3 is 5.97 Å². The highest BCUT2D eigenvalue weighted by Crippen LogP contribution is 2.28. The molecule has 0 N–H and O–H groups in total. The fourth-order valence-electron chi connectivity index (χ4n) is 2.97. The van der Waals surface area contributed by atoms with E-state index in [1.165, 1.54) is 6.92 Å². The molecule has 0 heterocycles. The summed E-state index contributed by atoms with van der Waals surface area (Å²) in [6.07, 6.45) is 9.20. The van der Waals surface area contributed by atoms with E-state index in [2.05, 4.69) is 45.9 Å². The average Bonchev–Trinajstić information content (AvgIpc) is 2.52. The van der Waals surface area contributed by atoms with Gasteiger partial charge in [0.05, 0.1) is 0 Å². The van der Waals surface area contributed by atoms with Crippen LogP contribution in [0.1, 0.15) is 67.7 Å². The molecule has 0 amide bonds. The lowest BCUT2D eigenvalue weighted by Crippen LogP contribution is -2.18. The number of Topliss-reactive ketones (excluding diaryl/α,β-unsaturated/α-hetero) is 1. The molecule has 2 rings (SSSR count). The highest BCUT2D eigenvalue weighted by molar-refractivity contribution is 5.95. The molecule has 2 aliphatic rings. The van der Waals surface area contributed by atoms with Crippen molar-refractivity contribution in [1.82, 2.24) is 0 Å². The zero-order valence-corrected chi connectivity index (χ0v) is 16.9. The molecule has 0 radical (unpaired) electrons. The van der Waals surface area contributed by atoms with Crippen molar-refractivity contribution in [1.29, 1.82) is 0 Å². The van der Waals surface area contributed by atoms with Gasteiger partial charge in [-0.25, -0.2) is 0 Å². The topological polar surface area (TPSA) is 43.4 Å². The smallest absolute Gasteiger partial charge is 0.308 e. The summed E-state index contributed by atoms with van der Waals surface area (Å²) in [7, 11) is 0. The third-order valence-electron chi connectivity index (χ3n) is 5.12. The molecular weight excluding hydrogens is 312 g/mol. The fraction of sp³-hybridized carbons (Fsp3) is 0.636. The van der Waals surface area contributed by atoms with Crippen LogP contribution in [0.25, 0.3) is 0 Å². The van der Waals surface area contributed by atoms with E-state index in [-0.39, 0.29) is 5.97 Å². The van der Waals surface area contributed by atoms with Crippen molar-refractivity contribution in [3.63, 3.8) is 0 Å². The molecule has 25 heavy (non-hydrogen) atoms. The molecule has 0 saturated carbocycles. The molecular formula is C22H34O3. The molecule has 140 valence electrons. The Balaban J connectivity index is 0.000000257. The Labute approximate surface area is 153 Å². The third-order valence-corrected chi connectivity index (χ3v) is 5.12. The van der Waals surface area contributed by atoms with Gasteiger partial charge in [-0.05, 0) is 67.6 Å². The number of carbonyl (C=O) groups is 2. The summed E-state index contributed by atoms with van der Waals surface area (Å²) in [5.41, 5.74) is 2.03. The molecule has 2 aliphatic carbocycles. The number of ketones is 1. The molecule has 0 fully saturated rings. The van der Waals surface area contributed by atoms with Crippen molar-refractivity contribution < 1.29 is 14.3 Å². The zero-order valence-electron chi connectivity index (χ0n) is 16.9. The maximum absolute atomic E-state index is 11.2. The Morgan fingerprint density at radius 3 is 2.12 bits per heavy atom. The quantitative estimate of drug-likeness (QED) is 0.623. The molecule has 0 bridgehead atoms. The molecule has 0 saturated heterocycles. The van der Waals surface area contributed by atoms with Gasteiger partial charge in [0, 0.05) is 13.3 Å². The van der Waals surface area contributed by atoms with Gasteiger partial charge in [-0.15, -0.1) is 0 Å². The Morgan fingerprint density at radius 1 is 1.04 bits per heavy atom. The van der Waals surface area contributed by atoms with Crippen molar-refractivity contribution >= 4 is 11.8 Å². The highest BCUT2D eigenvalue weighted by atomic mass is 16.5. The van der Waals surface area contributed by atoms with Crippen LogP contribution in [0.4, 0.5) is 0 Å². The summed E-state index contributed by atoms with van der Waals surface area (Å²) in [5, 5.41) is 0. The van der Waals surface area contributed by atoms with Crippen LogP contribution in [0.5, 0.6) is 0 Å². The predicted octanol–water partition coefficient (Wildman–Crippen LogP) is 5.62. The van der Waals surface area contributed by atoms with E-state index in [1.807, 2.05) is 13.8 Å². The molecule has 3 nitrogen and oxygen atoms in total. The second-order valence-electron chi connectivity index (χ2n) is 7.91. The lowest BCUT2D eigenvalue weighted by Gasteiger charge is -2.22. The van der Waals surface area contributed by atoms with Crippen molar-refractivity contribution in [3.8, 4) is 0 Å². The first-order valence-corrected chi connectivity index (χ1v) is 9.39. The van der Waals surface area contributed by atoms with Gasteiger partial charge in [-0.3, -0.25) is 9.59 Å². The van der Waals surface area contributed by atoms with E-state index in [4.69, 9.17) is 4.74 Å². The summed E-state index contributed by atoms with van der Waals surface area (Å²) < 4.78 is 5.14. The number of hydrogen-bond acceptors (Lipinski definition) is 3. The average molecular weight is 347 g/mol. The van der Waals surface area contributed by atoms with E-state index >= 15 is 0 Å². The summed E-state index contributed by atoms with van der Waals surface area (Å²) >= 11 is 0. The first-order chi connectivity index (χ1) is 11.6. The number of allylic oxidation sites excluding steroid dienone is 5. The van der Waals surface area contributed by atoms with Crippen LogP contribution >= 0.6 is 0 Å². The van der Waals surface area contributed by atoms with Gasteiger partial charge in [0.2, 0.25) is 0 Å². The molecule has 0 aliphatic heterocycles. The molecule has 0 aromatic rings. The Morgan fingerprint density at radius 2 is 1.64 bits per heavy atom. The summed E-state index contributed by atoms with van der Waals surface area (Å²) in [4.78, 5) is 22.1. The monoisotopic (exact) mass is 346 g/mol. The molecule has 0 aromatic heterocycles. The van der Waals surface area contributed by atoms with Crippen LogP contribution in [-0.4, -0.2) is 11.8 Å². The van der Waals surface area contributed by atoms with Crippen LogP contribution in [0.3, 0.4) is 0 Å². The SMILES string of the molecule is CC(=O)OC1=CC(C(C)C)CC=C1C.CC1=CCC(C(C)C)CC1=O. The van der Waals surface area contributed by atoms with Crippen molar-refractivity contribution in [2.45, 2.75) is 67.7 Å². The van der Waals surface area contributed by atoms with Crippen molar-refractivity contribution in [3.05, 3.63) is 35.1 Å². The number of esters is 1. The van der Waals surface area contributed by atoms with E-state index in [9.17, 15) is 9.59 Å². The van der Waals surface area contributed by atoms with Gasteiger partial charge < -0.3 is 4.74 Å². The molecule has 3 heteroatoms. The summed E-state index contributed by atoms with van der Waals surface area (Å²) in [6, 6.07) is 0. The van der Waals surface area contributed by atoms with Gasteiger partial charge in [-0.1, -0.05) is 39.8 Å². The van der Waals surface area contributed by atoms with Crippen molar-refractivity contribution in [2.24, 2.45) is 23.7 Å². The molecule has 0 aromatic carbocycles. The first-order valence-electron chi connectivity index (χ1n) is 9.39. The minimum absolute atomic E-state index is 0.242. The minimum atomic E-state index is -0.242. The Kier molecular flexibility index (Phi) is 8.34. The number of rotatable bonds is 3. The molecule has 0 spiro atoms. The van der Waals surface area contributed by atoms with Gasteiger partial charge in [-0.2, -0.15) is 0 Å². The van der Waals surface area contributed by atoms with Crippen LogP contribution in [-0.2, 0) is 14.3 Å². The Hall–Kier alpha value is -1.64. The summed E-state index contributed by atoms with van der Waals surface area (Å²) in [5.74, 6) is 3.15. The van der Waals surface area contributed by atoms with Crippen LogP contribution in [0.15, 0.2) is 35.1 Å². The lowest BCUT2D eigenvalue weighted by atomic mass is 9.82. The largest absolute Gasteiger partial charge is 0.427 e. The van der Waals surface area contributed by atoms with Gasteiger partial charge in [0.1, 0.15) is 5.76 Å². The van der Waals surface area contributed by atoms with E-state index in [0.717, 1.165) is 36.2 Å². The van der Waals surface area contributed by atoms with Crippen LogP contribution in [0.2, 0.25) is 0 Å². The normalized spacial score (nSPS) is 23.4. The highest BCUT2D eigenvalue weighted by Gasteiger charge is 2.21. The third kappa shape index (κ3) is 7.01.